The summed E-state index contributed by atoms with van der Waals surface area (Å²) in [5, 5.41) is 11.5. The molecule has 5 nitrogen and oxygen atoms in total. The van der Waals surface area contributed by atoms with Crippen LogP contribution in [0.3, 0.4) is 0 Å². The summed E-state index contributed by atoms with van der Waals surface area (Å²) < 4.78 is 12.3. The van der Waals surface area contributed by atoms with Gasteiger partial charge in [-0.3, -0.25) is 0 Å². The van der Waals surface area contributed by atoms with Crippen LogP contribution in [0, 0.1) is 0 Å². The van der Waals surface area contributed by atoms with Crippen LogP contribution in [-0.2, 0) is 15.1 Å². The van der Waals surface area contributed by atoms with Crippen LogP contribution in [0.5, 0.6) is 11.5 Å². The molecule has 0 unspecified atom stereocenters. The zero-order valence-electron chi connectivity index (χ0n) is 17.7. The lowest BCUT2D eigenvalue weighted by Gasteiger charge is -2.42. The summed E-state index contributed by atoms with van der Waals surface area (Å²) in [4.78, 5) is 13.1. The van der Waals surface area contributed by atoms with Crippen LogP contribution in [0.2, 0.25) is 0 Å². The van der Waals surface area contributed by atoms with Crippen molar-refractivity contribution in [3.63, 3.8) is 0 Å². The number of likely N-dealkylation sites (N-methyl/N-ethyl adjacent to an activating group) is 1. The molecule has 3 rings (SSSR count). The van der Waals surface area contributed by atoms with Gasteiger partial charge in [0.1, 0.15) is 24.7 Å². The van der Waals surface area contributed by atoms with Gasteiger partial charge in [-0.05, 0) is 39.8 Å². The predicted molar refractivity (Wildman–Crippen MR) is 108 cm³/mol. The molecule has 0 aliphatic carbocycles. The number of quaternary nitrogens is 1. The number of carbonyl (C=O) groups is 1. The number of hydrogen-bond acceptors (Lipinski definition) is 4. The summed E-state index contributed by atoms with van der Waals surface area (Å²) in [6, 6.07) is 14.9. The minimum absolute atomic E-state index is 0. The maximum Gasteiger partial charge on any atom is 0.348 e. The molecule has 0 fully saturated rings. The number of ether oxygens (including phenoxy) is 2. The summed E-state index contributed by atoms with van der Waals surface area (Å²) in [5.41, 5.74) is -1.07. The molecule has 29 heavy (non-hydrogen) atoms. The van der Waals surface area contributed by atoms with E-state index in [1.165, 1.54) is 0 Å². The summed E-state index contributed by atoms with van der Waals surface area (Å²) >= 11 is 0. The van der Waals surface area contributed by atoms with Crippen molar-refractivity contribution in [1.29, 1.82) is 0 Å². The Labute approximate surface area is 183 Å². The molecular weight excluding hydrogens is 434 g/mol. The number of fused-ring (bicyclic) bond motifs is 2. The number of benzene rings is 2. The zero-order valence-corrected chi connectivity index (χ0v) is 19.3. The number of aliphatic hydroxyl groups is 1. The lowest BCUT2D eigenvalue weighted by Crippen LogP contribution is -3.00. The molecular formula is C23H30BrNO4. The highest BCUT2D eigenvalue weighted by atomic mass is 79.9. The minimum atomic E-state index is -1.88. The second kappa shape index (κ2) is 8.86. The maximum absolute atomic E-state index is 13.1. The van der Waals surface area contributed by atoms with Gasteiger partial charge in [-0.15, -0.1) is 0 Å². The van der Waals surface area contributed by atoms with Crippen molar-refractivity contribution in [3.05, 3.63) is 59.7 Å². The van der Waals surface area contributed by atoms with Crippen molar-refractivity contribution in [2.75, 3.05) is 20.2 Å². The molecule has 0 amide bonds. The van der Waals surface area contributed by atoms with E-state index in [1.54, 1.807) is 36.4 Å². The molecule has 0 radical (unpaired) electrons. The Balaban J connectivity index is 0.00000300. The first-order valence-corrected chi connectivity index (χ1v) is 9.82. The third kappa shape index (κ3) is 4.06. The number of esters is 1. The lowest BCUT2D eigenvalue weighted by molar-refractivity contribution is -0.949. The van der Waals surface area contributed by atoms with Crippen LogP contribution in [0.15, 0.2) is 48.5 Å². The van der Waals surface area contributed by atoms with Crippen molar-refractivity contribution < 1.29 is 40.8 Å². The van der Waals surface area contributed by atoms with Crippen LogP contribution in [0.25, 0.3) is 0 Å². The van der Waals surface area contributed by atoms with Gasteiger partial charge in [0.15, 0.2) is 0 Å². The first-order valence-electron chi connectivity index (χ1n) is 9.82. The lowest BCUT2D eigenvalue weighted by atomic mass is 9.83. The molecule has 0 saturated heterocycles. The van der Waals surface area contributed by atoms with E-state index >= 15 is 0 Å². The van der Waals surface area contributed by atoms with E-state index < -0.39 is 11.6 Å². The number of halogens is 1. The Morgan fingerprint density at radius 2 is 1.45 bits per heavy atom. The third-order valence-corrected chi connectivity index (χ3v) is 6.23. The highest BCUT2D eigenvalue weighted by Crippen LogP contribution is 2.47. The van der Waals surface area contributed by atoms with Gasteiger partial charge in [-0.1, -0.05) is 36.4 Å². The molecule has 0 aromatic heterocycles. The van der Waals surface area contributed by atoms with Crippen molar-refractivity contribution in [1.82, 2.24) is 0 Å². The normalized spacial score (nSPS) is 14.5. The largest absolute Gasteiger partial charge is 1.00 e. The van der Waals surface area contributed by atoms with Gasteiger partial charge >= 0.3 is 5.97 Å². The van der Waals surface area contributed by atoms with E-state index in [-0.39, 0.29) is 23.6 Å². The molecule has 0 bridgehead atoms. The highest BCUT2D eigenvalue weighted by Gasteiger charge is 2.48. The standard InChI is InChI=1S/C23H30NO4.BrH/c1-16(2)24(5,17(3)4)14-15-27-22(25)23(26)18-10-6-8-12-20(18)28-21-13-9-7-11-19(21)23;/h6-13,16-17,26H,14-15H2,1-5H3;1H/q+1;/p-1. The number of hydrogen-bond donors (Lipinski definition) is 1. The van der Waals surface area contributed by atoms with E-state index in [2.05, 4.69) is 34.7 Å². The van der Waals surface area contributed by atoms with Gasteiger partial charge in [0.25, 0.3) is 0 Å². The van der Waals surface area contributed by atoms with Gasteiger partial charge < -0.3 is 36.0 Å². The van der Waals surface area contributed by atoms with Gasteiger partial charge in [-0.2, -0.15) is 0 Å². The molecule has 2 aromatic rings. The Hall–Kier alpha value is -1.89. The average molecular weight is 464 g/mol. The zero-order chi connectivity index (χ0) is 20.5. The molecule has 1 aliphatic heterocycles. The van der Waals surface area contributed by atoms with Crippen LogP contribution in [0.4, 0.5) is 0 Å². The van der Waals surface area contributed by atoms with E-state index in [9.17, 15) is 9.90 Å². The molecule has 6 heteroatoms. The monoisotopic (exact) mass is 463 g/mol. The number of nitrogens with zero attached hydrogens (tertiary/aromatic N) is 1. The summed E-state index contributed by atoms with van der Waals surface area (Å²) in [5.74, 6) is 0.256. The van der Waals surface area contributed by atoms with Gasteiger partial charge in [-0.25, -0.2) is 4.79 Å². The number of para-hydroxylation sites is 2. The van der Waals surface area contributed by atoms with Crippen molar-refractivity contribution in [2.24, 2.45) is 0 Å². The number of rotatable bonds is 6. The van der Waals surface area contributed by atoms with Crippen molar-refractivity contribution >= 4 is 5.97 Å². The maximum atomic E-state index is 13.1. The van der Waals surface area contributed by atoms with Crippen LogP contribution < -0.4 is 21.7 Å². The summed E-state index contributed by atoms with van der Waals surface area (Å²) in [6.45, 7) is 9.58. The highest BCUT2D eigenvalue weighted by molar-refractivity contribution is 5.88. The fourth-order valence-electron chi connectivity index (χ4n) is 3.74. The van der Waals surface area contributed by atoms with Gasteiger partial charge in [0.05, 0.1) is 19.1 Å². The Bertz CT molecular complexity index is 812. The summed E-state index contributed by atoms with van der Waals surface area (Å²) in [6.07, 6.45) is 0. The molecule has 0 saturated carbocycles. The second-order valence-corrected chi connectivity index (χ2v) is 8.20. The minimum Gasteiger partial charge on any atom is -1.00 e. The molecule has 1 heterocycles. The fraction of sp³-hybridized carbons (Fsp3) is 0.435. The van der Waals surface area contributed by atoms with E-state index in [4.69, 9.17) is 9.47 Å². The number of carbonyl (C=O) groups excluding carboxylic acids is 1. The van der Waals surface area contributed by atoms with Crippen LogP contribution >= 0.6 is 0 Å². The van der Waals surface area contributed by atoms with E-state index in [0.717, 1.165) is 4.48 Å². The summed E-state index contributed by atoms with van der Waals surface area (Å²) in [7, 11) is 2.16. The Morgan fingerprint density at radius 3 is 1.90 bits per heavy atom. The molecule has 2 aromatic carbocycles. The fourth-order valence-corrected chi connectivity index (χ4v) is 3.74. The van der Waals surface area contributed by atoms with Crippen LogP contribution in [-0.4, -0.2) is 47.8 Å². The van der Waals surface area contributed by atoms with E-state index in [1.807, 2.05) is 12.1 Å². The quantitative estimate of drug-likeness (QED) is 0.509. The molecule has 1 aliphatic rings. The molecule has 0 spiro atoms. The van der Waals surface area contributed by atoms with Gasteiger partial charge in [0.2, 0.25) is 5.60 Å². The average Bonchev–Trinajstić information content (AvgIpc) is 2.67. The second-order valence-electron chi connectivity index (χ2n) is 8.20. The Morgan fingerprint density at radius 1 is 1.00 bits per heavy atom. The Kier molecular flexibility index (Phi) is 7.14. The first kappa shape index (κ1) is 23.4. The van der Waals surface area contributed by atoms with Crippen molar-refractivity contribution in [2.45, 2.75) is 45.4 Å². The predicted octanol–water partition coefficient (Wildman–Crippen LogP) is 0.839. The first-order chi connectivity index (χ1) is 13.2. The SMILES string of the molecule is CC(C)[N+](C)(CCOC(=O)C1(O)c2ccccc2Oc2ccccc21)C(C)C.[Br-]. The van der Waals surface area contributed by atoms with E-state index in [0.29, 0.717) is 41.3 Å². The third-order valence-electron chi connectivity index (χ3n) is 6.23. The molecule has 158 valence electrons. The van der Waals surface area contributed by atoms with Crippen LogP contribution in [0.1, 0.15) is 38.8 Å². The molecule has 0 atom stereocenters. The topological polar surface area (TPSA) is 55.8 Å². The van der Waals surface area contributed by atoms with Crippen molar-refractivity contribution in [3.8, 4) is 11.5 Å². The smallest absolute Gasteiger partial charge is 0.348 e. The van der Waals surface area contributed by atoms with Gasteiger partial charge in [0, 0.05) is 11.1 Å². The molecule has 1 N–H and O–H groups in total.